The van der Waals surface area contributed by atoms with Crippen molar-refractivity contribution in [3.8, 4) is 5.69 Å². The van der Waals surface area contributed by atoms with Crippen LogP contribution in [0.4, 0.5) is 5.82 Å². The number of fused-ring (bicyclic) bond motifs is 3. The van der Waals surface area contributed by atoms with E-state index in [1.165, 1.54) is 24.1 Å². The van der Waals surface area contributed by atoms with Gasteiger partial charge in [0.2, 0.25) is 0 Å². The smallest absolute Gasteiger partial charge is 0.151 e. The second-order valence-corrected chi connectivity index (χ2v) is 9.85. The predicted molar refractivity (Wildman–Crippen MR) is 130 cm³/mol. The van der Waals surface area contributed by atoms with Crippen molar-refractivity contribution in [3.05, 3.63) is 64.8 Å². The summed E-state index contributed by atoms with van der Waals surface area (Å²) in [7, 11) is 0. The zero-order valence-electron chi connectivity index (χ0n) is 18.8. The molecule has 8 heteroatoms. The summed E-state index contributed by atoms with van der Waals surface area (Å²) >= 11 is 6.45. The third-order valence-electron chi connectivity index (χ3n) is 7.41. The van der Waals surface area contributed by atoms with Crippen molar-refractivity contribution in [1.29, 1.82) is 0 Å². The van der Waals surface area contributed by atoms with E-state index in [2.05, 4.69) is 48.9 Å². The van der Waals surface area contributed by atoms with Gasteiger partial charge in [-0.1, -0.05) is 17.7 Å². The standard InChI is InChI=1S/C25H30ClN7/c26-20-4-5-22-19(15-20)16-32(21-6-11-27-12-7-21)17-24-29-30-25(33(22)24)18-8-13-31(14-9-18)23-3-1-2-10-28-23/h1-5,10,15,18,21,27H,6-9,11-14,16-17H2. The first-order chi connectivity index (χ1) is 16.3. The maximum Gasteiger partial charge on any atom is 0.151 e. The maximum atomic E-state index is 6.45. The third-order valence-corrected chi connectivity index (χ3v) is 7.65. The summed E-state index contributed by atoms with van der Waals surface area (Å²) in [4.78, 5) is 9.49. The summed E-state index contributed by atoms with van der Waals surface area (Å²) in [5.74, 6) is 3.60. The lowest BCUT2D eigenvalue weighted by atomic mass is 9.95. The lowest BCUT2D eigenvalue weighted by Crippen LogP contribution is -2.42. The molecule has 172 valence electrons. The second-order valence-electron chi connectivity index (χ2n) is 9.42. The Morgan fingerprint density at radius 1 is 0.939 bits per heavy atom. The van der Waals surface area contributed by atoms with Crippen molar-refractivity contribution >= 4 is 17.4 Å². The van der Waals surface area contributed by atoms with Crippen molar-refractivity contribution in [2.24, 2.45) is 0 Å². The third kappa shape index (κ3) is 4.14. The van der Waals surface area contributed by atoms with Crippen molar-refractivity contribution in [2.75, 3.05) is 31.1 Å². The monoisotopic (exact) mass is 463 g/mol. The average molecular weight is 464 g/mol. The first kappa shape index (κ1) is 21.1. The van der Waals surface area contributed by atoms with E-state index in [1.807, 2.05) is 18.3 Å². The largest absolute Gasteiger partial charge is 0.357 e. The van der Waals surface area contributed by atoms with E-state index in [1.54, 1.807) is 0 Å². The van der Waals surface area contributed by atoms with Crippen LogP contribution >= 0.6 is 11.6 Å². The second kappa shape index (κ2) is 9.05. The Hall–Kier alpha value is -2.48. The van der Waals surface area contributed by atoms with Gasteiger partial charge in [0.15, 0.2) is 5.82 Å². The quantitative estimate of drug-likeness (QED) is 0.638. The van der Waals surface area contributed by atoms with E-state index < -0.39 is 0 Å². The number of nitrogens with zero attached hydrogens (tertiary/aromatic N) is 6. The molecule has 3 aromatic rings. The maximum absolute atomic E-state index is 6.45. The number of nitrogens with one attached hydrogen (secondary N) is 1. The molecule has 1 aromatic carbocycles. The number of hydrogen-bond donors (Lipinski definition) is 1. The van der Waals surface area contributed by atoms with Crippen LogP contribution in [0.1, 0.15) is 48.8 Å². The van der Waals surface area contributed by atoms with Crippen LogP contribution in [0.25, 0.3) is 5.69 Å². The molecule has 0 amide bonds. The zero-order valence-corrected chi connectivity index (χ0v) is 19.6. The number of anilines is 1. The van der Waals surface area contributed by atoms with Crippen molar-refractivity contribution in [1.82, 2.24) is 30.0 Å². The molecule has 33 heavy (non-hydrogen) atoms. The molecule has 0 unspecified atom stereocenters. The minimum Gasteiger partial charge on any atom is -0.357 e. The van der Waals surface area contributed by atoms with Gasteiger partial charge in [-0.25, -0.2) is 4.98 Å². The molecule has 0 bridgehead atoms. The van der Waals surface area contributed by atoms with E-state index in [9.17, 15) is 0 Å². The Morgan fingerprint density at radius 2 is 1.79 bits per heavy atom. The number of pyridine rings is 1. The average Bonchev–Trinajstić information content (AvgIpc) is 3.21. The number of piperidine rings is 2. The van der Waals surface area contributed by atoms with Crippen molar-refractivity contribution in [2.45, 2.75) is 50.7 Å². The highest BCUT2D eigenvalue weighted by atomic mass is 35.5. The van der Waals surface area contributed by atoms with Gasteiger partial charge in [-0.15, -0.1) is 10.2 Å². The fraction of sp³-hybridized carbons (Fsp3) is 0.480. The Morgan fingerprint density at radius 3 is 2.58 bits per heavy atom. The first-order valence-corrected chi connectivity index (χ1v) is 12.5. The van der Waals surface area contributed by atoms with Crippen LogP contribution in [-0.2, 0) is 13.1 Å². The highest BCUT2D eigenvalue weighted by Gasteiger charge is 2.32. The summed E-state index contributed by atoms with van der Waals surface area (Å²) in [5, 5.41) is 13.8. The molecule has 6 rings (SSSR count). The van der Waals surface area contributed by atoms with Crippen molar-refractivity contribution in [3.63, 3.8) is 0 Å². The summed E-state index contributed by atoms with van der Waals surface area (Å²) in [5.41, 5.74) is 2.46. The molecule has 5 heterocycles. The Labute approximate surface area is 199 Å². The molecule has 2 aromatic heterocycles. The molecule has 0 saturated carbocycles. The van der Waals surface area contributed by atoms with E-state index in [0.29, 0.717) is 12.0 Å². The number of benzene rings is 1. The van der Waals surface area contributed by atoms with Crippen molar-refractivity contribution < 1.29 is 0 Å². The first-order valence-electron chi connectivity index (χ1n) is 12.1. The molecule has 0 spiro atoms. The Bertz CT molecular complexity index is 1100. The molecule has 0 aliphatic carbocycles. The van der Waals surface area contributed by atoms with E-state index in [0.717, 1.165) is 74.6 Å². The Balaban J connectivity index is 1.30. The zero-order chi connectivity index (χ0) is 22.2. The highest BCUT2D eigenvalue weighted by Crippen LogP contribution is 2.35. The lowest BCUT2D eigenvalue weighted by Gasteiger charge is -2.33. The fourth-order valence-electron chi connectivity index (χ4n) is 5.65. The van der Waals surface area contributed by atoms with Gasteiger partial charge in [0.05, 0.1) is 12.2 Å². The number of aromatic nitrogens is 4. The molecule has 3 aliphatic rings. The molecule has 0 radical (unpaired) electrons. The van der Waals surface area contributed by atoms with E-state index in [-0.39, 0.29) is 0 Å². The highest BCUT2D eigenvalue weighted by molar-refractivity contribution is 6.30. The SMILES string of the molecule is Clc1ccc2c(c1)CN(C1CCNCC1)Cc1nnc(C3CCN(c4ccccn4)CC3)n1-2. The summed E-state index contributed by atoms with van der Waals surface area (Å²) in [6, 6.07) is 13.0. The summed E-state index contributed by atoms with van der Waals surface area (Å²) < 4.78 is 2.34. The van der Waals surface area contributed by atoms with Gasteiger partial charge >= 0.3 is 0 Å². The van der Waals surface area contributed by atoms with Crippen LogP contribution in [0.15, 0.2) is 42.6 Å². The van der Waals surface area contributed by atoms with Crippen LogP contribution in [-0.4, -0.2) is 56.9 Å². The summed E-state index contributed by atoms with van der Waals surface area (Å²) in [6.45, 7) is 5.86. The topological polar surface area (TPSA) is 62.1 Å². The van der Waals surface area contributed by atoms with Gasteiger partial charge in [0.1, 0.15) is 11.6 Å². The molecule has 3 aliphatic heterocycles. The predicted octanol–water partition coefficient (Wildman–Crippen LogP) is 3.77. The van der Waals surface area contributed by atoms with Gasteiger partial charge < -0.3 is 10.2 Å². The minimum atomic E-state index is 0.389. The van der Waals surface area contributed by atoms with Gasteiger partial charge in [-0.3, -0.25) is 9.47 Å². The van der Waals surface area contributed by atoms with Gasteiger partial charge in [0, 0.05) is 42.8 Å². The number of halogens is 1. The fourth-order valence-corrected chi connectivity index (χ4v) is 5.85. The minimum absolute atomic E-state index is 0.389. The number of rotatable bonds is 3. The van der Waals surface area contributed by atoms with E-state index >= 15 is 0 Å². The van der Waals surface area contributed by atoms with Gasteiger partial charge in [-0.05, 0) is 74.7 Å². The molecule has 7 nitrogen and oxygen atoms in total. The van der Waals surface area contributed by atoms with Gasteiger partial charge in [-0.2, -0.15) is 0 Å². The molecule has 1 N–H and O–H groups in total. The van der Waals surface area contributed by atoms with Crippen LogP contribution < -0.4 is 10.2 Å². The Kier molecular flexibility index (Phi) is 5.78. The molecule has 0 atom stereocenters. The van der Waals surface area contributed by atoms with Crippen LogP contribution in [0.2, 0.25) is 5.02 Å². The molecule has 2 saturated heterocycles. The van der Waals surface area contributed by atoms with Crippen LogP contribution in [0.3, 0.4) is 0 Å². The number of hydrogen-bond acceptors (Lipinski definition) is 6. The molecule has 2 fully saturated rings. The van der Waals surface area contributed by atoms with Gasteiger partial charge in [0.25, 0.3) is 0 Å². The van der Waals surface area contributed by atoms with Crippen LogP contribution in [0, 0.1) is 0 Å². The van der Waals surface area contributed by atoms with Crippen LogP contribution in [0.5, 0.6) is 0 Å². The normalized spacial score (nSPS) is 20.3. The van der Waals surface area contributed by atoms with E-state index in [4.69, 9.17) is 21.8 Å². The molecular weight excluding hydrogens is 434 g/mol. The molecular formula is C25H30ClN7. The summed E-state index contributed by atoms with van der Waals surface area (Å²) in [6.07, 6.45) is 6.31. The lowest BCUT2D eigenvalue weighted by molar-refractivity contribution is 0.144.